The number of rotatable bonds is 5. The van der Waals surface area contributed by atoms with Crippen molar-refractivity contribution >= 4 is 11.6 Å². The van der Waals surface area contributed by atoms with Gasteiger partial charge in [-0.1, -0.05) is 36.4 Å². The van der Waals surface area contributed by atoms with Crippen molar-refractivity contribution in [3.63, 3.8) is 0 Å². The lowest BCUT2D eigenvalue weighted by atomic mass is 9.87. The van der Waals surface area contributed by atoms with Gasteiger partial charge < -0.3 is 14.4 Å². The van der Waals surface area contributed by atoms with Crippen LogP contribution >= 0.6 is 0 Å². The molecule has 0 aliphatic carbocycles. The monoisotopic (exact) mass is 418 g/mol. The maximum absolute atomic E-state index is 13.5. The van der Waals surface area contributed by atoms with Gasteiger partial charge >= 0.3 is 0 Å². The van der Waals surface area contributed by atoms with Crippen LogP contribution in [0.3, 0.4) is 0 Å². The summed E-state index contributed by atoms with van der Waals surface area (Å²) in [6.07, 6.45) is 0.639. The number of ether oxygens (including phenoxy) is 2. The number of nitro groups is 1. The molecule has 0 bridgehead atoms. The fourth-order valence-electron chi connectivity index (χ4n) is 4.08. The first-order valence-corrected chi connectivity index (χ1v) is 9.88. The normalized spacial score (nSPS) is 15.2. The number of carbonyl (C=O) groups is 1. The van der Waals surface area contributed by atoms with E-state index in [0.29, 0.717) is 30.0 Å². The predicted octanol–water partition coefficient (Wildman–Crippen LogP) is 4.40. The fraction of sp³-hybridized carbons (Fsp3) is 0.208. The lowest BCUT2D eigenvalue weighted by Crippen LogP contribution is -2.40. The summed E-state index contributed by atoms with van der Waals surface area (Å²) in [5.41, 5.74) is 3.17. The molecule has 0 saturated heterocycles. The Hall–Kier alpha value is -3.87. The largest absolute Gasteiger partial charge is 0.493 e. The van der Waals surface area contributed by atoms with E-state index in [1.807, 2.05) is 42.5 Å². The van der Waals surface area contributed by atoms with Gasteiger partial charge in [0.15, 0.2) is 11.5 Å². The first-order chi connectivity index (χ1) is 15.0. The van der Waals surface area contributed by atoms with Gasteiger partial charge in [0.1, 0.15) is 0 Å². The van der Waals surface area contributed by atoms with Crippen LogP contribution in [0.5, 0.6) is 11.5 Å². The van der Waals surface area contributed by atoms with Crippen LogP contribution in [0, 0.1) is 10.1 Å². The van der Waals surface area contributed by atoms with E-state index in [2.05, 4.69) is 0 Å². The van der Waals surface area contributed by atoms with Crippen LogP contribution in [0.15, 0.2) is 66.7 Å². The highest BCUT2D eigenvalue weighted by molar-refractivity contribution is 5.95. The van der Waals surface area contributed by atoms with Crippen molar-refractivity contribution in [2.75, 3.05) is 20.8 Å². The number of nitro benzene ring substituents is 1. The Balaban J connectivity index is 1.83. The zero-order valence-electron chi connectivity index (χ0n) is 17.3. The molecule has 1 heterocycles. The molecule has 31 heavy (non-hydrogen) atoms. The van der Waals surface area contributed by atoms with E-state index < -0.39 is 4.92 Å². The number of amides is 1. The minimum absolute atomic E-state index is 0.106. The topological polar surface area (TPSA) is 81.9 Å². The molecule has 0 unspecified atom stereocenters. The Morgan fingerprint density at radius 2 is 1.71 bits per heavy atom. The zero-order valence-corrected chi connectivity index (χ0v) is 17.3. The van der Waals surface area contributed by atoms with E-state index in [0.717, 1.165) is 16.7 Å². The van der Waals surface area contributed by atoms with Gasteiger partial charge in [-0.05, 0) is 41.3 Å². The molecule has 158 valence electrons. The number of fused-ring (bicyclic) bond motifs is 1. The maximum Gasteiger partial charge on any atom is 0.270 e. The van der Waals surface area contributed by atoms with E-state index in [-0.39, 0.29) is 17.6 Å². The third kappa shape index (κ3) is 3.82. The summed E-state index contributed by atoms with van der Waals surface area (Å²) < 4.78 is 11.0. The van der Waals surface area contributed by atoms with Crippen molar-refractivity contribution in [2.24, 2.45) is 0 Å². The molecule has 0 fully saturated rings. The summed E-state index contributed by atoms with van der Waals surface area (Å²) in [7, 11) is 3.18. The number of carbonyl (C=O) groups excluding carboxylic acids is 1. The molecule has 3 aromatic rings. The van der Waals surface area contributed by atoms with Crippen LogP contribution in [-0.2, 0) is 6.42 Å². The van der Waals surface area contributed by atoms with E-state index >= 15 is 0 Å². The highest BCUT2D eigenvalue weighted by Gasteiger charge is 2.34. The minimum atomic E-state index is -0.492. The minimum Gasteiger partial charge on any atom is -0.493 e. The maximum atomic E-state index is 13.5. The third-order valence-electron chi connectivity index (χ3n) is 5.55. The molecule has 0 saturated carbocycles. The zero-order chi connectivity index (χ0) is 22.0. The van der Waals surface area contributed by atoms with Gasteiger partial charge in [-0.3, -0.25) is 14.9 Å². The Labute approximate surface area is 180 Å². The molecule has 1 aliphatic heterocycles. The van der Waals surface area contributed by atoms with Crippen LogP contribution in [0.1, 0.15) is 33.1 Å². The van der Waals surface area contributed by atoms with Crippen molar-refractivity contribution in [3.8, 4) is 11.5 Å². The highest BCUT2D eigenvalue weighted by Crippen LogP contribution is 2.41. The molecule has 1 amide bonds. The summed E-state index contributed by atoms with van der Waals surface area (Å²) in [5, 5.41) is 11.2. The summed E-state index contributed by atoms with van der Waals surface area (Å²) in [5.74, 6) is 0.983. The molecule has 1 aliphatic rings. The number of hydrogen-bond donors (Lipinski definition) is 0. The van der Waals surface area contributed by atoms with E-state index in [4.69, 9.17) is 9.47 Å². The Kier molecular flexibility index (Phi) is 5.58. The molecular formula is C24H22N2O5. The highest BCUT2D eigenvalue weighted by atomic mass is 16.6. The molecule has 4 rings (SSSR count). The van der Waals surface area contributed by atoms with Crippen LogP contribution in [0.4, 0.5) is 5.69 Å². The average Bonchev–Trinajstić information content (AvgIpc) is 2.82. The van der Waals surface area contributed by atoms with E-state index in [9.17, 15) is 14.9 Å². The second-order valence-electron chi connectivity index (χ2n) is 7.28. The lowest BCUT2D eigenvalue weighted by molar-refractivity contribution is -0.384. The standard InChI is InChI=1S/C24H22N2O5/c1-30-21-14-17-11-12-25(24(27)18-9-6-10-19(13-18)26(28)29)23(16-7-4-3-5-8-16)20(17)15-22(21)31-2/h3-10,13-15,23H,11-12H2,1-2H3/t23-/m0/s1. The number of nitrogens with zero attached hydrogens (tertiary/aromatic N) is 2. The van der Waals surface area contributed by atoms with Crippen molar-refractivity contribution in [1.29, 1.82) is 0 Å². The van der Waals surface area contributed by atoms with Gasteiger partial charge in [0.2, 0.25) is 0 Å². The van der Waals surface area contributed by atoms with Gasteiger partial charge in [-0.2, -0.15) is 0 Å². The second kappa shape index (κ2) is 8.47. The number of benzene rings is 3. The number of non-ortho nitro benzene ring substituents is 1. The molecular weight excluding hydrogens is 396 g/mol. The molecule has 0 radical (unpaired) electrons. The molecule has 0 spiro atoms. The molecule has 7 nitrogen and oxygen atoms in total. The summed E-state index contributed by atoms with van der Waals surface area (Å²) in [6, 6.07) is 19.1. The van der Waals surface area contributed by atoms with Crippen LogP contribution in [0.2, 0.25) is 0 Å². The molecule has 0 aromatic heterocycles. The molecule has 0 N–H and O–H groups in total. The van der Waals surface area contributed by atoms with Crippen LogP contribution in [-0.4, -0.2) is 36.5 Å². The van der Waals surface area contributed by atoms with Gasteiger partial charge in [0.05, 0.1) is 25.2 Å². The van der Waals surface area contributed by atoms with Crippen LogP contribution in [0.25, 0.3) is 0 Å². The summed E-state index contributed by atoms with van der Waals surface area (Å²) in [4.78, 5) is 26.0. The summed E-state index contributed by atoms with van der Waals surface area (Å²) >= 11 is 0. The van der Waals surface area contributed by atoms with Gasteiger partial charge in [0.25, 0.3) is 11.6 Å². The smallest absolute Gasteiger partial charge is 0.270 e. The molecule has 3 aromatic carbocycles. The third-order valence-corrected chi connectivity index (χ3v) is 5.55. The molecule has 7 heteroatoms. The van der Waals surface area contributed by atoms with E-state index in [1.54, 1.807) is 25.2 Å². The van der Waals surface area contributed by atoms with Crippen molar-refractivity contribution in [1.82, 2.24) is 4.90 Å². The van der Waals surface area contributed by atoms with Crippen molar-refractivity contribution < 1.29 is 19.2 Å². The predicted molar refractivity (Wildman–Crippen MR) is 116 cm³/mol. The van der Waals surface area contributed by atoms with Gasteiger partial charge in [-0.25, -0.2) is 0 Å². The van der Waals surface area contributed by atoms with Crippen molar-refractivity contribution in [2.45, 2.75) is 12.5 Å². The van der Waals surface area contributed by atoms with E-state index in [1.165, 1.54) is 18.2 Å². The number of methoxy groups -OCH3 is 2. The Morgan fingerprint density at radius 3 is 2.39 bits per heavy atom. The second-order valence-corrected chi connectivity index (χ2v) is 7.28. The quantitative estimate of drug-likeness (QED) is 0.453. The number of hydrogen-bond acceptors (Lipinski definition) is 5. The Morgan fingerprint density at radius 1 is 1.00 bits per heavy atom. The van der Waals surface area contributed by atoms with Crippen molar-refractivity contribution in [3.05, 3.63) is 99.1 Å². The lowest BCUT2D eigenvalue weighted by Gasteiger charge is -2.38. The summed E-state index contributed by atoms with van der Waals surface area (Å²) in [6.45, 7) is 0.476. The average molecular weight is 418 g/mol. The van der Waals surface area contributed by atoms with Crippen LogP contribution < -0.4 is 9.47 Å². The van der Waals surface area contributed by atoms with Gasteiger partial charge in [0, 0.05) is 24.2 Å². The first kappa shape index (κ1) is 20.4. The SMILES string of the molecule is COc1cc2c(cc1OC)[C@H](c1ccccc1)N(C(=O)c1cccc([N+](=O)[O-])c1)CC2. The molecule has 1 atom stereocenters. The van der Waals surface area contributed by atoms with Gasteiger partial charge in [-0.15, -0.1) is 0 Å². The first-order valence-electron chi connectivity index (χ1n) is 9.88. The fourth-order valence-corrected chi connectivity index (χ4v) is 4.08. The Bertz CT molecular complexity index is 1130.